The number of rotatable bonds is 10. The van der Waals surface area contributed by atoms with Gasteiger partial charge in [-0.15, -0.1) is 0 Å². The van der Waals surface area contributed by atoms with E-state index in [0.717, 1.165) is 5.57 Å². The molecule has 1 amide bonds. The minimum Gasteiger partial charge on any atom is -0.460 e. The molecule has 5 rings (SSSR count). The number of aliphatic hydroxyl groups is 2. The van der Waals surface area contributed by atoms with Crippen LogP contribution in [0.15, 0.2) is 47.6 Å². The van der Waals surface area contributed by atoms with Crippen molar-refractivity contribution in [3.63, 3.8) is 0 Å². The maximum atomic E-state index is 14.8. The van der Waals surface area contributed by atoms with Gasteiger partial charge < -0.3 is 52.7 Å². The lowest BCUT2D eigenvalue weighted by Gasteiger charge is -2.43. The Kier molecular flexibility index (Phi) is 24.5. The van der Waals surface area contributed by atoms with Gasteiger partial charge in [0.05, 0.1) is 50.2 Å². The van der Waals surface area contributed by atoms with E-state index >= 15 is 0 Å². The molecule has 17 nitrogen and oxygen atoms in total. The fourth-order valence-electron chi connectivity index (χ4n) is 12.0. The fourth-order valence-corrected chi connectivity index (χ4v) is 13.1. The summed E-state index contributed by atoms with van der Waals surface area (Å²) in [6.45, 7) is 24.3. The molecular weight excluding hydrogens is 1040 g/mol. The largest absolute Gasteiger partial charge is 0.460 e. The van der Waals surface area contributed by atoms with Crippen molar-refractivity contribution in [1.82, 2.24) is 4.90 Å². The third kappa shape index (κ3) is 17.9. The average Bonchev–Trinajstić information content (AvgIpc) is 3.40. The summed E-state index contributed by atoms with van der Waals surface area (Å²) in [4.78, 5) is 87.6. The number of esters is 2. The molecule has 0 aromatic carbocycles. The second-order valence-corrected chi connectivity index (χ2v) is 30.3. The van der Waals surface area contributed by atoms with Crippen LogP contribution in [0, 0.1) is 46.8 Å². The first-order chi connectivity index (χ1) is 37.5. The molecule has 2 N–H and O–H groups in total. The second kappa shape index (κ2) is 29.2. The number of amides is 1. The molecule has 452 valence electrons. The van der Waals surface area contributed by atoms with Crippen LogP contribution >= 0.6 is 0 Å². The summed E-state index contributed by atoms with van der Waals surface area (Å²) in [6.07, 6.45) is 12.6. The van der Waals surface area contributed by atoms with Crippen molar-refractivity contribution < 1.29 is 76.6 Å². The molecule has 4 fully saturated rings. The van der Waals surface area contributed by atoms with Gasteiger partial charge in [-0.3, -0.25) is 24.0 Å². The van der Waals surface area contributed by atoms with Gasteiger partial charge in [0.2, 0.25) is 5.79 Å². The summed E-state index contributed by atoms with van der Waals surface area (Å²) in [7, 11) is 0.806. The monoisotopic (exact) mass is 1140 g/mol. The topological polar surface area (TPSA) is 220 Å². The van der Waals surface area contributed by atoms with Gasteiger partial charge in [0.15, 0.2) is 14.1 Å². The maximum absolute atomic E-state index is 14.8. The normalized spacial score (nSPS) is 37.7. The van der Waals surface area contributed by atoms with Crippen LogP contribution in [0.3, 0.4) is 0 Å². The number of ether oxygens (including phenoxy) is 7. The zero-order chi connectivity index (χ0) is 59.5. The van der Waals surface area contributed by atoms with E-state index in [1.54, 1.807) is 54.9 Å². The molecule has 5 aliphatic rings. The predicted molar refractivity (Wildman–Crippen MR) is 305 cm³/mol. The lowest BCUT2D eigenvalue weighted by molar-refractivity contribution is -0.283. The quantitative estimate of drug-likeness (QED) is 0.0902. The molecule has 4 heterocycles. The third-order valence-electron chi connectivity index (χ3n) is 17.3. The average molecular weight is 1140 g/mol. The van der Waals surface area contributed by atoms with Gasteiger partial charge in [0.25, 0.3) is 11.7 Å². The van der Waals surface area contributed by atoms with Crippen LogP contribution in [0.4, 0.5) is 0 Å². The molecule has 0 aromatic heterocycles. The summed E-state index contributed by atoms with van der Waals surface area (Å²) in [5.41, 5.74) is 0.512. The van der Waals surface area contributed by atoms with Crippen LogP contribution in [0.5, 0.6) is 0 Å². The van der Waals surface area contributed by atoms with Crippen LogP contribution in [0.25, 0.3) is 0 Å². The van der Waals surface area contributed by atoms with Gasteiger partial charge in [-0.2, -0.15) is 0 Å². The van der Waals surface area contributed by atoms with Crippen molar-refractivity contribution in [3.05, 3.63) is 47.6 Å². The molecule has 4 aliphatic heterocycles. The van der Waals surface area contributed by atoms with E-state index in [0.29, 0.717) is 69.8 Å². The highest BCUT2D eigenvalue weighted by molar-refractivity contribution is 6.69. The van der Waals surface area contributed by atoms with Gasteiger partial charge in [-0.1, -0.05) is 71.1 Å². The number of aliphatic hydroxyl groups excluding tert-OH is 1. The summed E-state index contributed by atoms with van der Waals surface area (Å²) in [6, 6.07) is -1.18. The van der Waals surface area contributed by atoms with Crippen LogP contribution in [0.1, 0.15) is 146 Å². The van der Waals surface area contributed by atoms with Crippen molar-refractivity contribution in [2.24, 2.45) is 46.8 Å². The van der Waals surface area contributed by atoms with Gasteiger partial charge >= 0.3 is 11.9 Å². The number of Topliss-reactive ketones (excluding diaryl/α,β-unsaturated/α-hetero) is 3. The predicted octanol–water partition coefficient (Wildman–Crippen LogP) is 8.97. The minimum atomic E-state index is -2.46. The van der Waals surface area contributed by atoms with Crippen LogP contribution in [-0.2, 0) is 66.4 Å². The third-order valence-corrected chi connectivity index (χ3v) is 18.2. The van der Waals surface area contributed by atoms with Crippen LogP contribution < -0.4 is 0 Å². The highest BCUT2D eigenvalue weighted by atomic mass is 28.4. The fraction of sp³-hybridized carbons (Fsp3) is 0.774. The highest BCUT2D eigenvalue weighted by Crippen LogP contribution is 2.40. The Morgan fingerprint density at radius 2 is 1.54 bits per heavy atom. The van der Waals surface area contributed by atoms with Gasteiger partial charge in [-0.05, 0) is 147 Å². The van der Waals surface area contributed by atoms with Crippen molar-refractivity contribution in [2.75, 3.05) is 40.6 Å². The Morgan fingerprint density at radius 1 is 0.850 bits per heavy atom. The standard InChI is InChI=1S/C62H99NO16Si/c1-38-21-17-16-18-22-39(2)51(72-11)33-46-26-24-44(7)62(71,78-46)56(67)57(68)63-28-20-19-23-48(63)58(69)76-52(34-49(65)40(3)30-43(6)55(79-80(13,14)15)47(35-64)54(66)42(5)29-38)41(4)31-45-25-27-50(53(32-45)73-12)77-59(70)61(10)36-74-60(8,9)75-37-61/h16-18,21-22,30,38,40-42,44-48,50-53,55,64,71H,19-20,23-29,31-37H2,1-15H3/b18-16+,21-17+,39-22+,43-30+. The van der Waals surface area contributed by atoms with Gasteiger partial charge in [-0.25, -0.2) is 4.79 Å². The summed E-state index contributed by atoms with van der Waals surface area (Å²) in [5, 5.41) is 23.0. The Labute approximate surface area is 478 Å². The SMILES string of the molecule is COC1CC2CCC(C)C(O)(O2)C(=O)C(=O)N2CCCCC2C(=O)OC(C(C)CC2CCC(OC(=O)C3(C)COC(C)(C)OC3)C(OC)C2)CC(=O)C(C)/C=C(\C)C(O[Si](C)(C)C)C(CO)C(=O)C(C)CC(C)/C=C/C=C/C=C/1C. The number of cyclic esters (lactones) is 1. The zero-order valence-electron chi connectivity index (χ0n) is 50.9. The molecule has 0 radical (unpaired) electrons. The molecule has 0 aromatic rings. The number of carbonyl (C=O) groups excluding carboxylic acids is 6. The van der Waals surface area contributed by atoms with E-state index in [-0.39, 0.29) is 56.0 Å². The number of allylic oxidation sites excluding steroid dienone is 6. The lowest BCUT2D eigenvalue weighted by atomic mass is 9.78. The van der Waals surface area contributed by atoms with Crippen molar-refractivity contribution in [3.8, 4) is 0 Å². The number of nitrogens with zero attached hydrogens (tertiary/aromatic N) is 1. The number of carbonyl (C=O) groups is 6. The van der Waals surface area contributed by atoms with Gasteiger partial charge in [0.1, 0.15) is 35.2 Å². The lowest BCUT2D eigenvalue weighted by Crippen LogP contribution is -2.61. The van der Waals surface area contributed by atoms with E-state index in [1.807, 2.05) is 84.6 Å². The molecule has 80 heavy (non-hydrogen) atoms. The van der Waals surface area contributed by atoms with Crippen molar-refractivity contribution >= 4 is 43.5 Å². The Hall–Kier alpha value is -3.72. The van der Waals surface area contributed by atoms with E-state index in [9.17, 15) is 39.0 Å². The molecule has 2 bridgehead atoms. The van der Waals surface area contributed by atoms with Crippen LogP contribution in [0.2, 0.25) is 19.6 Å². The van der Waals surface area contributed by atoms with Gasteiger partial charge in [0, 0.05) is 51.4 Å². The van der Waals surface area contributed by atoms with Crippen LogP contribution in [-0.4, -0.2) is 153 Å². The molecule has 18 heteroatoms. The first-order valence-corrected chi connectivity index (χ1v) is 32.9. The summed E-state index contributed by atoms with van der Waals surface area (Å²) >= 11 is 0. The number of hydrogen-bond donors (Lipinski definition) is 2. The molecule has 15 unspecified atom stereocenters. The summed E-state index contributed by atoms with van der Waals surface area (Å²) < 4.78 is 49.0. The Bertz CT molecular complexity index is 2260. The zero-order valence-corrected chi connectivity index (χ0v) is 51.9. The number of methoxy groups -OCH3 is 2. The Balaban J connectivity index is 1.48. The summed E-state index contributed by atoms with van der Waals surface area (Å²) in [5.74, 6) is -10.2. The number of ketones is 3. The molecule has 0 spiro atoms. The Morgan fingerprint density at radius 3 is 2.17 bits per heavy atom. The molecule has 1 aliphatic carbocycles. The van der Waals surface area contributed by atoms with E-state index < -0.39 is 128 Å². The molecular formula is C62H99NO16Si. The first kappa shape index (κ1) is 67.1. The van der Waals surface area contributed by atoms with E-state index in [2.05, 4.69) is 0 Å². The number of piperidine rings is 1. The van der Waals surface area contributed by atoms with Crippen molar-refractivity contribution in [1.29, 1.82) is 0 Å². The van der Waals surface area contributed by atoms with E-state index in [1.165, 1.54) is 4.90 Å². The number of fused-ring (bicyclic) bond motifs is 3. The molecule has 15 atom stereocenters. The highest BCUT2D eigenvalue weighted by Gasteiger charge is 2.53. The molecule has 3 saturated heterocycles. The van der Waals surface area contributed by atoms with E-state index in [4.69, 9.17) is 37.6 Å². The first-order valence-electron chi connectivity index (χ1n) is 29.5. The second-order valence-electron chi connectivity index (χ2n) is 25.8. The van der Waals surface area contributed by atoms with Crippen molar-refractivity contribution in [2.45, 2.75) is 220 Å². The number of hydrogen-bond acceptors (Lipinski definition) is 16. The maximum Gasteiger partial charge on any atom is 0.329 e. The molecule has 1 saturated carbocycles. The minimum absolute atomic E-state index is 0.0107. The smallest absolute Gasteiger partial charge is 0.329 e.